The number of amides is 1. The Kier molecular flexibility index (Phi) is 3.05. The summed E-state index contributed by atoms with van der Waals surface area (Å²) in [5.41, 5.74) is 5.55. The number of H-pyrrole nitrogens is 1. The van der Waals surface area contributed by atoms with E-state index in [0.717, 1.165) is 12.8 Å². The molecule has 2 heterocycles. The van der Waals surface area contributed by atoms with E-state index >= 15 is 0 Å². The Morgan fingerprint density at radius 1 is 1.62 bits per heavy atom. The van der Waals surface area contributed by atoms with Crippen LogP contribution in [0.15, 0.2) is 23.3 Å². The molecule has 1 aliphatic rings. The lowest BCUT2D eigenvalue weighted by Crippen LogP contribution is -2.41. The first kappa shape index (κ1) is 10.9. The van der Waals surface area contributed by atoms with Crippen molar-refractivity contribution in [2.75, 3.05) is 13.1 Å². The fourth-order valence-electron chi connectivity index (χ4n) is 2.09. The Bertz CT molecular complexity index is 441. The van der Waals surface area contributed by atoms with Crippen LogP contribution in [0.4, 0.5) is 0 Å². The van der Waals surface area contributed by atoms with Crippen molar-refractivity contribution in [3.8, 4) is 0 Å². The van der Waals surface area contributed by atoms with E-state index in [2.05, 4.69) is 4.98 Å². The molecule has 0 aromatic carbocycles. The maximum absolute atomic E-state index is 12.1. The van der Waals surface area contributed by atoms with Crippen molar-refractivity contribution < 1.29 is 4.79 Å². The van der Waals surface area contributed by atoms with Gasteiger partial charge in [0.1, 0.15) is 5.56 Å². The number of pyridine rings is 1. The topological polar surface area (TPSA) is 79.2 Å². The molecule has 0 saturated carbocycles. The molecular weight excluding hydrogens is 206 g/mol. The summed E-state index contributed by atoms with van der Waals surface area (Å²) in [4.78, 5) is 28.1. The average Bonchev–Trinajstić information content (AvgIpc) is 2.77. The summed E-state index contributed by atoms with van der Waals surface area (Å²) in [5, 5.41) is 0. The minimum absolute atomic E-state index is 0.0760. The predicted octanol–water partition coefficient (Wildman–Crippen LogP) is -0.0618. The van der Waals surface area contributed by atoms with Gasteiger partial charge in [-0.15, -0.1) is 0 Å². The zero-order valence-electron chi connectivity index (χ0n) is 8.98. The summed E-state index contributed by atoms with van der Waals surface area (Å²) >= 11 is 0. The smallest absolute Gasteiger partial charge is 0.259 e. The van der Waals surface area contributed by atoms with Crippen molar-refractivity contribution in [1.29, 1.82) is 0 Å². The molecule has 1 saturated heterocycles. The lowest BCUT2D eigenvalue weighted by Gasteiger charge is -2.22. The first-order valence-corrected chi connectivity index (χ1v) is 5.42. The average molecular weight is 221 g/mol. The highest BCUT2D eigenvalue weighted by molar-refractivity contribution is 5.94. The molecule has 2 rings (SSSR count). The number of hydrogen-bond donors (Lipinski definition) is 2. The van der Waals surface area contributed by atoms with Crippen molar-refractivity contribution in [2.45, 2.75) is 18.9 Å². The summed E-state index contributed by atoms with van der Waals surface area (Å²) in [6.45, 7) is 1.14. The maximum Gasteiger partial charge on any atom is 0.259 e. The van der Waals surface area contributed by atoms with Gasteiger partial charge >= 0.3 is 0 Å². The Labute approximate surface area is 93.3 Å². The van der Waals surface area contributed by atoms with E-state index in [-0.39, 0.29) is 22.9 Å². The highest BCUT2D eigenvalue weighted by atomic mass is 16.2. The quantitative estimate of drug-likeness (QED) is 0.734. The van der Waals surface area contributed by atoms with E-state index < -0.39 is 0 Å². The fraction of sp³-hybridized carbons (Fsp3) is 0.455. The van der Waals surface area contributed by atoms with Crippen molar-refractivity contribution in [2.24, 2.45) is 5.73 Å². The van der Waals surface area contributed by atoms with Gasteiger partial charge in [0.05, 0.1) is 0 Å². The minimum atomic E-state index is -0.244. The second kappa shape index (κ2) is 4.49. The highest BCUT2D eigenvalue weighted by Crippen LogP contribution is 2.17. The number of carbonyl (C=O) groups is 1. The minimum Gasteiger partial charge on any atom is -0.367 e. The van der Waals surface area contributed by atoms with Crippen molar-refractivity contribution in [1.82, 2.24) is 9.88 Å². The van der Waals surface area contributed by atoms with Gasteiger partial charge in [-0.3, -0.25) is 9.59 Å². The van der Waals surface area contributed by atoms with Crippen LogP contribution in [0.5, 0.6) is 0 Å². The van der Waals surface area contributed by atoms with E-state index in [9.17, 15) is 9.59 Å². The van der Waals surface area contributed by atoms with Crippen molar-refractivity contribution in [3.63, 3.8) is 0 Å². The number of aromatic nitrogens is 1. The van der Waals surface area contributed by atoms with Crippen LogP contribution < -0.4 is 11.2 Å². The maximum atomic E-state index is 12.1. The standard InChI is InChI=1S/C11H15N3O2/c12-6-8-2-1-5-14(8)11(16)9-7-13-4-3-10(9)15/h3-4,7-8H,1-2,5-6,12H2,(H,13,15). The van der Waals surface area contributed by atoms with Crippen LogP contribution in [0.25, 0.3) is 0 Å². The fourth-order valence-corrected chi connectivity index (χ4v) is 2.09. The molecular formula is C11H15N3O2. The number of hydrogen-bond acceptors (Lipinski definition) is 3. The second-order valence-electron chi connectivity index (χ2n) is 3.95. The van der Waals surface area contributed by atoms with Gasteiger partial charge < -0.3 is 15.6 Å². The summed E-state index contributed by atoms with van der Waals surface area (Å²) in [6, 6.07) is 1.44. The largest absolute Gasteiger partial charge is 0.367 e. The zero-order chi connectivity index (χ0) is 11.5. The number of carbonyl (C=O) groups excluding carboxylic acids is 1. The van der Waals surface area contributed by atoms with Gasteiger partial charge in [-0.25, -0.2) is 0 Å². The molecule has 3 N–H and O–H groups in total. The number of rotatable bonds is 2. The van der Waals surface area contributed by atoms with Crippen LogP contribution in [0, 0.1) is 0 Å². The molecule has 1 aliphatic heterocycles. The molecule has 1 aromatic rings. The number of likely N-dealkylation sites (tertiary alicyclic amines) is 1. The van der Waals surface area contributed by atoms with Crippen LogP contribution in [0.2, 0.25) is 0 Å². The van der Waals surface area contributed by atoms with Crippen LogP contribution in [0.1, 0.15) is 23.2 Å². The Morgan fingerprint density at radius 2 is 2.44 bits per heavy atom. The summed E-state index contributed by atoms with van der Waals surface area (Å²) in [7, 11) is 0. The molecule has 1 aromatic heterocycles. The Hall–Kier alpha value is -1.62. The first-order valence-electron chi connectivity index (χ1n) is 5.42. The van der Waals surface area contributed by atoms with E-state index in [1.54, 1.807) is 4.90 Å². The summed E-state index contributed by atoms with van der Waals surface area (Å²) in [6.07, 6.45) is 4.85. The highest BCUT2D eigenvalue weighted by Gasteiger charge is 2.29. The van der Waals surface area contributed by atoms with Crippen LogP contribution in [-0.4, -0.2) is 34.9 Å². The van der Waals surface area contributed by atoms with E-state index in [4.69, 9.17) is 5.73 Å². The molecule has 0 spiro atoms. The monoisotopic (exact) mass is 221 g/mol. The second-order valence-corrected chi connectivity index (χ2v) is 3.95. The molecule has 86 valence electrons. The van der Waals surface area contributed by atoms with Gasteiger partial charge in [0.25, 0.3) is 5.91 Å². The third kappa shape index (κ3) is 1.86. The molecule has 16 heavy (non-hydrogen) atoms. The Balaban J connectivity index is 2.26. The zero-order valence-corrected chi connectivity index (χ0v) is 8.98. The third-order valence-corrected chi connectivity index (χ3v) is 2.96. The van der Waals surface area contributed by atoms with Crippen LogP contribution in [-0.2, 0) is 0 Å². The molecule has 1 atom stereocenters. The molecule has 0 radical (unpaired) electrons. The van der Waals surface area contributed by atoms with E-state index in [0.29, 0.717) is 13.1 Å². The van der Waals surface area contributed by atoms with Gasteiger partial charge in [-0.05, 0) is 12.8 Å². The van der Waals surface area contributed by atoms with Crippen molar-refractivity contribution >= 4 is 5.91 Å². The molecule has 0 aliphatic carbocycles. The first-order chi connectivity index (χ1) is 7.74. The van der Waals surface area contributed by atoms with E-state index in [1.807, 2.05) is 0 Å². The van der Waals surface area contributed by atoms with Gasteiger partial charge in [-0.1, -0.05) is 0 Å². The molecule has 5 nitrogen and oxygen atoms in total. The number of nitrogens with zero attached hydrogens (tertiary/aromatic N) is 1. The van der Waals surface area contributed by atoms with Crippen LogP contribution >= 0.6 is 0 Å². The number of nitrogens with one attached hydrogen (secondary N) is 1. The SMILES string of the molecule is NCC1CCCN1C(=O)c1c[nH]ccc1=O. The molecule has 1 fully saturated rings. The molecule has 0 bridgehead atoms. The third-order valence-electron chi connectivity index (χ3n) is 2.96. The van der Waals surface area contributed by atoms with Gasteiger partial charge in [0.15, 0.2) is 5.43 Å². The normalized spacial score (nSPS) is 20.1. The van der Waals surface area contributed by atoms with Crippen LogP contribution in [0.3, 0.4) is 0 Å². The number of aromatic amines is 1. The molecule has 1 unspecified atom stereocenters. The lowest BCUT2D eigenvalue weighted by molar-refractivity contribution is 0.0739. The molecule has 1 amide bonds. The van der Waals surface area contributed by atoms with Crippen molar-refractivity contribution in [3.05, 3.63) is 34.2 Å². The lowest BCUT2D eigenvalue weighted by atomic mass is 10.2. The van der Waals surface area contributed by atoms with Gasteiger partial charge in [0.2, 0.25) is 0 Å². The predicted molar refractivity (Wildman–Crippen MR) is 60.2 cm³/mol. The van der Waals surface area contributed by atoms with E-state index in [1.165, 1.54) is 18.5 Å². The van der Waals surface area contributed by atoms with Gasteiger partial charge in [0, 0.05) is 37.6 Å². The number of nitrogens with two attached hydrogens (primary N) is 1. The summed E-state index contributed by atoms with van der Waals surface area (Å²) in [5.74, 6) is -0.213. The summed E-state index contributed by atoms with van der Waals surface area (Å²) < 4.78 is 0. The van der Waals surface area contributed by atoms with Gasteiger partial charge in [-0.2, -0.15) is 0 Å². The molecule has 5 heteroatoms. The Morgan fingerprint density at radius 3 is 3.12 bits per heavy atom.